The molecule has 0 atom stereocenters. The van der Waals surface area contributed by atoms with Gasteiger partial charge in [0.2, 0.25) is 0 Å². The molecule has 0 aliphatic rings. The molecule has 2 aromatic heterocycles. The monoisotopic (exact) mass is 539 g/mol. The van der Waals surface area contributed by atoms with Gasteiger partial charge in [-0.15, -0.1) is 4.74 Å². The Labute approximate surface area is 229 Å². The van der Waals surface area contributed by atoms with E-state index in [-0.39, 0.29) is 12.5 Å². The minimum absolute atomic E-state index is 0.0898. The number of aromatic amines is 1. The van der Waals surface area contributed by atoms with Gasteiger partial charge < -0.3 is 14.6 Å². The molecule has 0 unspecified atom stereocenters. The van der Waals surface area contributed by atoms with Crippen LogP contribution in [0, 0.1) is 6.92 Å². The van der Waals surface area contributed by atoms with E-state index in [0.717, 1.165) is 45.5 Å². The van der Waals surface area contributed by atoms with E-state index < -0.39 is 11.4 Å². The zero-order valence-electron chi connectivity index (χ0n) is 22.0. The molecular formula is C30H29N5O5. The molecule has 2 N–H and O–H groups in total. The lowest BCUT2D eigenvalue weighted by atomic mass is 9.97. The molecular weight excluding hydrogens is 510 g/mol. The summed E-state index contributed by atoms with van der Waals surface area (Å²) in [4.78, 5) is 37.4. The van der Waals surface area contributed by atoms with E-state index in [1.807, 2.05) is 72.4 Å². The lowest BCUT2D eigenvalue weighted by Gasteiger charge is -2.12. The number of H-pyrrole nitrogens is 1. The summed E-state index contributed by atoms with van der Waals surface area (Å²) >= 11 is 0. The lowest BCUT2D eigenvalue weighted by molar-refractivity contribution is 0.0952. The van der Waals surface area contributed by atoms with Gasteiger partial charge in [-0.25, -0.2) is 14.6 Å². The molecule has 0 saturated heterocycles. The Morgan fingerprint density at radius 1 is 1.02 bits per heavy atom. The topological polar surface area (TPSA) is 124 Å². The van der Waals surface area contributed by atoms with Crippen molar-refractivity contribution in [2.75, 3.05) is 6.54 Å². The number of nitrogens with one attached hydrogen (secondary N) is 2. The molecule has 0 saturated carbocycles. The van der Waals surface area contributed by atoms with Crippen molar-refractivity contribution in [1.29, 1.82) is 0 Å². The molecule has 40 heavy (non-hydrogen) atoms. The summed E-state index contributed by atoms with van der Waals surface area (Å²) in [7, 11) is 0. The molecule has 0 fully saturated rings. The predicted molar refractivity (Wildman–Crippen MR) is 149 cm³/mol. The van der Waals surface area contributed by atoms with Crippen LogP contribution in [0.4, 0.5) is 0 Å². The van der Waals surface area contributed by atoms with Crippen molar-refractivity contribution in [2.24, 2.45) is 0 Å². The molecule has 0 aliphatic carbocycles. The molecule has 0 spiro atoms. The SMILES string of the molecule is Cc1cc(C(=O)NCCCn2cccn2)ccc1-c1cccc(COc2ccc(Cn3oc(=O)[nH]c3=O)cc2)c1. The van der Waals surface area contributed by atoms with Gasteiger partial charge in [-0.2, -0.15) is 5.10 Å². The van der Waals surface area contributed by atoms with Crippen molar-refractivity contribution in [3.05, 3.63) is 128 Å². The van der Waals surface area contributed by atoms with E-state index in [9.17, 15) is 14.4 Å². The van der Waals surface area contributed by atoms with Gasteiger partial charge >= 0.3 is 11.4 Å². The van der Waals surface area contributed by atoms with Crippen LogP contribution >= 0.6 is 0 Å². The fraction of sp³-hybridized carbons (Fsp3) is 0.200. The second-order valence-corrected chi connectivity index (χ2v) is 9.39. The zero-order chi connectivity index (χ0) is 27.9. The Kier molecular flexibility index (Phi) is 8.05. The van der Waals surface area contributed by atoms with E-state index in [0.29, 0.717) is 24.5 Å². The number of carbonyl (C=O) groups is 1. The van der Waals surface area contributed by atoms with E-state index in [1.54, 1.807) is 18.3 Å². The summed E-state index contributed by atoms with van der Waals surface area (Å²) in [5.74, 6) is -0.196. The van der Waals surface area contributed by atoms with Gasteiger partial charge in [0.25, 0.3) is 5.91 Å². The molecule has 204 valence electrons. The fourth-order valence-corrected chi connectivity index (χ4v) is 4.38. The van der Waals surface area contributed by atoms with Crippen LogP contribution in [0.25, 0.3) is 11.1 Å². The number of hydrogen-bond donors (Lipinski definition) is 2. The highest BCUT2D eigenvalue weighted by Crippen LogP contribution is 2.26. The van der Waals surface area contributed by atoms with Gasteiger partial charge in [-0.3, -0.25) is 9.48 Å². The first kappa shape index (κ1) is 26.5. The van der Waals surface area contributed by atoms with Gasteiger partial charge in [0.15, 0.2) is 0 Å². The van der Waals surface area contributed by atoms with Crippen molar-refractivity contribution < 1.29 is 14.1 Å². The van der Waals surface area contributed by atoms with Crippen LogP contribution < -0.4 is 21.5 Å². The van der Waals surface area contributed by atoms with Crippen LogP contribution in [0.15, 0.2) is 99.3 Å². The summed E-state index contributed by atoms with van der Waals surface area (Å²) in [6, 6.07) is 23.0. The number of carbonyl (C=O) groups excluding carboxylic acids is 1. The number of benzene rings is 3. The number of rotatable bonds is 11. The minimum Gasteiger partial charge on any atom is -0.489 e. The maximum absolute atomic E-state index is 12.6. The van der Waals surface area contributed by atoms with Crippen LogP contribution in [0.1, 0.15) is 33.5 Å². The van der Waals surface area contributed by atoms with E-state index in [4.69, 9.17) is 9.26 Å². The molecule has 3 aromatic carbocycles. The van der Waals surface area contributed by atoms with Gasteiger partial charge in [-0.1, -0.05) is 36.4 Å². The molecule has 5 aromatic rings. The molecule has 5 rings (SSSR count). The Hall–Kier alpha value is -5.12. The minimum atomic E-state index is -0.781. The Morgan fingerprint density at radius 2 is 1.88 bits per heavy atom. The van der Waals surface area contributed by atoms with Crippen LogP contribution in [0.3, 0.4) is 0 Å². The summed E-state index contributed by atoms with van der Waals surface area (Å²) in [5, 5.41) is 7.15. The molecule has 1 amide bonds. The first-order valence-corrected chi connectivity index (χ1v) is 12.9. The van der Waals surface area contributed by atoms with E-state index in [1.165, 1.54) is 0 Å². The number of amides is 1. The van der Waals surface area contributed by atoms with Gasteiger partial charge in [0, 0.05) is 31.0 Å². The van der Waals surface area contributed by atoms with Crippen molar-refractivity contribution in [1.82, 2.24) is 24.8 Å². The van der Waals surface area contributed by atoms with Crippen LogP contribution in [-0.4, -0.2) is 32.0 Å². The van der Waals surface area contributed by atoms with E-state index >= 15 is 0 Å². The standard InChI is InChI=1S/C30H29N5O5/c1-21-17-25(28(36)31-13-3-15-34-16-4-14-32-34)9-12-27(21)24-6-2-5-23(18-24)20-39-26-10-7-22(8-11-26)19-35-29(37)33-30(38)40-35/h2,4-12,14,16-18H,3,13,15,19-20H2,1H3,(H,31,36)(H,33,37,38). The number of hydrogen-bond acceptors (Lipinski definition) is 6. The third kappa shape index (κ3) is 6.65. The van der Waals surface area contributed by atoms with Gasteiger partial charge in [-0.05, 0) is 77.6 Å². The third-order valence-electron chi connectivity index (χ3n) is 6.42. The third-order valence-corrected chi connectivity index (χ3v) is 6.42. The summed E-state index contributed by atoms with van der Waals surface area (Å²) in [6.45, 7) is 3.85. The van der Waals surface area contributed by atoms with Crippen molar-refractivity contribution in [2.45, 2.75) is 33.0 Å². The Balaban J connectivity index is 1.16. The summed E-state index contributed by atoms with van der Waals surface area (Å²) in [6.07, 6.45) is 4.45. The van der Waals surface area contributed by atoms with Crippen molar-refractivity contribution in [3.63, 3.8) is 0 Å². The highest BCUT2D eigenvalue weighted by Gasteiger charge is 2.10. The Bertz CT molecular complexity index is 1700. The second kappa shape index (κ2) is 12.2. The lowest BCUT2D eigenvalue weighted by Crippen LogP contribution is -2.25. The van der Waals surface area contributed by atoms with Crippen LogP contribution in [-0.2, 0) is 19.7 Å². The first-order valence-electron chi connectivity index (χ1n) is 12.9. The maximum Gasteiger partial charge on any atom is 0.440 e. The largest absolute Gasteiger partial charge is 0.489 e. The summed E-state index contributed by atoms with van der Waals surface area (Å²) < 4.78 is 13.6. The van der Waals surface area contributed by atoms with Crippen molar-refractivity contribution >= 4 is 5.91 Å². The first-order chi connectivity index (χ1) is 19.4. The predicted octanol–water partition coefficient (Wildman–Crippen LogP) is 3.75. The second-order valence-electron chi connectivity index (χ2n) is 9.39. The number of aryl methyl sites for hydroxylation is 2. The van der Waals surface area contributed by atoms with Gasteiger partial charge in [0.05, 0.1) is 6.54 Å². The van der Waals surface area contributed by atoms with E-state index in [2.05, 4.69) is 21.5 Å². The molecule has 2 heterocycles. The molecule has 0 bridgehead atoms. The van der Waals surface area contributed by atoms with Gasteiger partial charge in [0.1, 0.15) is 12.4 Å². The van der Waals surface area contributed by atoms with Crippen LogP contribution in [0.5, 0.6) is 5.75 Å². The summed E-state index contributed by atoms with van der Waals surface area (Å²) in [5.41, 5.74) is 4.94. The smallest absolute Gasteiger partial charge is 0.440 e. The number of nitrogens with zero attached hydrogens (tertiary/aromatic N) is 3. The normalized spacial score (nSPS) is 10.9. The van der Waals surface area contributed by atoms with Crippen LogP contribution in [0.2, 0.25) is 0 Å². The average Bonchev–Trinajstić information content (AvgIpc) is 3.59. The molecule has 0 radical (unpaired) electrons. The quantitative estimate of drug-likeness (QED) is 0.247. The number of ether oxygens (including phenoxy) is 1. The molecule has 10 nitrogen and oxygen atoms in total. The average molecular weight is 540 g/mol. The Morgan fingerprint density at radius 3 is 2.60 bits per heavy atom. The number of aromatic nitrogens is 4. The maximum atomic E-state index is 12.6. The zero-order valence-corrected chi connectivity index (χ0v) is 22.0. The molecule has 0 aliphatic heterocycles. The van der Waals surface area contributed by atoms with Crippen molar-refractivity contribution in [3.8, 4) is 16.9 Å². The highest BCUT2D eigenvalue weighted by atomic mass is 16.5. The fourth-order valence-electron chi connectivity index (χ4n) is 4.38. The highest BCUT2D eigenvalue weighted by molar-refractivity contribution is 5.95. The molecule has 10 heteroatoms.